The average Bonchev–Trinajstić information content (AvgIpc) is 2.64. The molecule has 0 saturated carbocycles. The fourth-order valence-electron chi connectivity index (χ4n) is 2.87. The second kappa shape index (κ2) is 14.2. The summed E-state index contributed by atoms with van der Waals surface area (Å²) in [5, 5.41) is 0. The molecule has 27 heavy (non-hydrogen) atoms. The van der Waals surface area contributed by atoms with Gasteiger partial charge in [0.25, 0.3) is 0 Å². The van der Waals surface area contributed by atoms with Gasteiger partial charge in [-0.05, 0) is 36.8 Å². The van der Waals surface area contributed by atoms with Crippen LogP contribution in [0.15, 0.2) is 24.3 Å². The molecule has 0 unspecified atom stereocenters. The molecule has 0 atom stereocenters. The summed E-state index contributed by atoms with van der Waals surface area (Å²) in [6.45, 7) is 6.82. The number of carbonyl (C=O) groups excluding carboxylic acids is 2. The third-order valence-corrected chi connectivity index (χ3v) is 4.54. The SMILES string of the molecule is CCCCOC(=O)CCCCCCCCC(=O)Oc1ccccc1C(C)C. The van der Waals surface area contributed by atoms with Crippen molar-refractivity contribution in [2.45, 2.75) is 90.9 Å². The highest BCUT2D eigenvalue weighted by Gasteiger charge is 2.11. The zero-order valence-electron chi connectivity index (χ0n) is 17.3. The van der Waals surface area contributed by atoms with Crippen LogP contribution in [0.2, 0.25) is 0 Å². The number of rotatable bonds is 14. The maximum absolute atomic E-state index is 12.0. The van der Waals surface area contributed by atoms with E-state index in [1.54, 1.807) is 0 Å². The van der Waals surface area contributed by atoms with Gasteiger partial charge in [0.2, 0.25) is 0 Å². The molecule has 4 nitrogen and oxygen atoms in total. The summed E-state index contributed by atoms with van der Waals surface area (Å²) in [6.07, 6.45) is 8.93. The fourth-order valence-corrected chi connectivity index (χ4v) is 2.87. The molecule has 0 aliphatic heterocycles. The van der Waals surface area contributed by atoms with Crippen molar-refractivity contribution in [3.63, 3.8) is 0 Å². The first-order chi connectivity index (χ1) is 13.0. The zero-order chi connectivity index (χ0) is 19.9. The van der Waals surface area contributed by atoms with Gasteiger partial charge in [0.1, 0.15) is 5.75 Å². The van der Waals surface area contributed by atoms with Crippen LogP contribution in [0.4, 0.5) is 0 Å². The molecule has 1 aromatic carbocycles. The largest absolute Gasteiger partial charge is 0.466 e. The molecule has 0 bridgehead atoms. The van der Waals surface area contributed by atoms with E-state index in [2.05, 4.69) is 20.8 Å². The smallest absolute Gasteiger partial charge is 0.311 e. The summed E-state index contributed by atoms with van der Waals surface area (Å²) in [4.78, 5) is 23.5. The Labute approximate surface area is 164 Å². The maximum atomic E-state index is 12.0. The number of hydrogen-bond donors (Lipinski definition) is 0. The Kier molecular flexibility index (Phi) is 12.2. The number of para-hydroxylation sites is 1. The Morgan fingerprint density at radius 3 is 2.07 bits per heavy atom. The summed E-state index contributed by atoms with van der Waals surface area (Å²) in [6, 6.07) is 7.74. The highest BCUT2D eigenvalue weighted by molar-refractivity contribution is 5.72. The lowest BCUT2D eigenvalue weighted by Crippen LogP contribution is -2.09. The van der Waals surface area contributed by atoms with Gasteiger partial charge in [-0.1, -0.05) is 71.1 Å². The molecule has 1 aromatic rings. The number of carbonyl (C=O) groups is 2. The first kappa shape index (κ1) is 23.2. The molecule has 0 radical (unpaired) electrons. The lowest BCUT2D eigenvalue weighted by atomic mass is 10.0. The van der Waals surface area contributed by atoms with Gasteiger partial charge in [-0.2, -0.15) is 0 Å². The minimum Gasteiger partial charge on any atom is -0.466 e. The van der Waals surface area contributed by atoms with Gasteiger partial charge in [0.15, 0.2) is 0 Å². The Balaban J connectivity index is 2.05. The van der Waals surface area contributed by atoms with Crippen molar-refractivity contribution in [1.29, 1.82) is 0 Å². The van der Waals surface area contributed by atoms with Crippen LogP contribution in [0.1, 0.15) is 96.5 Å². The fraction of sp³-hybridized carbons (Fsp3) is 0.652. The summed E-state index contributed by atoms with van der Waals surface area (Å²) < 4.78 is 10.7. The summed E-state index contributed by atoms with van der Waals surface area (Å²) in [7, 11) is 0. The number of benzene rings is 1. The second-order valence-corrected chi connectivity index (χ2v) is 7.36. The first-order valence-corrected chi connectivity index (χ1v) is 10.5. The predicted octanol–water partition coefficient (Wildman–Crippen LogP) is 6.18. The molecule has 0 saturated heterocycles. The standard InChI is InChI=1S/C23H36O4/c1-4-5-18-26-22(24)16-10-8-6-7-9-11-17-23(25)27-21-15-13-12-14-20(21)19(2)3/h12-15,19H,4-11,16-18H2,1-3H3. The summed E-state index contributed by atoms with van der Waals surface area (Å²) >= 11 is 0. The minimum atomic E-state index is -0.155. The molecule has 4 heteroatoms. The van der Waals surface area contributed by atoms with Crippen LogP contribution in [0.5, 0.6) is 5.75 Å². The molecule has 0 aliphatic carbocycles. The molecule has 0 aliphatic rings. The Hall–Kier alpha value is -1.84. The van der Waals surface area contributed by atoms with Gasteiger partial charge in [-0.3, -0.25) is 9.59 Å². The number of esters is 2. The van der Waals surface area contributed by atoms with Gasteiger partial charge in [-0.15, -0.1) is 0 Å². The second-order valence-electron chi connectivity index (χ2n) is 7.36. The van der Waals surface area contributed by atoms with Gasteiger partial charge < -0.3 is 9.47 Å². The van der Waals surface area contributed by atoms with Crippen molar-refractivity contribution in [1.82, 2.24) is 0 Å². The van der Waals surface area contributed by atoms with E-state index in [1.807, 2.05) is 24.3 Å². The van der Waals surface area contributed by atoms with E-state index in [9.17, 15) is 9.59 Å². The molecular formula is C23H36O4. The van der Waals surface area contributed by atoms with Gasteiger partial charge in [0, 0.05) is 12.8 Å². The monoisotopic (exact) mass is 376 g/mol. The molecular weight excluding hydrogens is 340 g/mol. The maximum Gasteiger partial charge on any atom is 0.311 e. The van der Waals surface area contributed by atoms with Crippen molar-refractivity contribution in [2.24, 2.45) is 0 Å². The molecule has 0 aromatic heterocycles. The van der Waals surface area contributed by atoms with E-state index < -0.39 is 0 Å². The van der Waals surface area contributed by atoms with Crippen LogP contribution in [0.25, 0.3) is 0 Å². The lowest BCUT2D eigenvalue weighted by molar-refractivity contribution is -0.144. The van der Waals surface area contributed by atoms with Crippen LogP contribution >= 0.6 is 0 Å². The van der Waals surface area contributed by atoms with Crippen molar-refractivity contribution < 1.29 is 19.1 Å². The Morgan fingerprint density at radius 2 is 1.44 bits per heavy atom. The van der Waals surface area contributed by atoms with Crippen LogP contribution in [-0.4, -0.2) is 18.5 Å². The third kappa shape index (κ3) is 10.8. The van der Waals surface area contributed by atoms with Crippen molar-refractivity contribution in [3.05, 3.63) is 29.8 Å². The van der Waals surface area contributed by atoms with Crippen molar-refractivity contribution >= 4 is 11.9 Å². The summed E-state index contributed by atoms with van der Waals surface area (Å²) in [5.41, 5.74) is 1.07. The molecule has 0 heterocycles. The molecule has 0 spiro atoms. The number of ether oxygens (including phenoxy) is 2. The van der Waals surface area contributed by atoms with E-state index in [4.69, 9.17) is 9.47 Å². The minimum absolute atomic E-state index is 0.0760. The highest BCUT2D eigenvalue weighted by Crippen LogP contribution is 2.26. The Morgan fingerprint density at radius 1 is 0.852 bits per heavy atom. The molecule has 0 amide bonds. The summed E-state index contributed by atoms with van der Waals surface area (Å²) in [5.74, 6) is 0.784. The normalized spacial score (nSPS) is 10.8. The first-order valence-electron chi connectivity index (χ1n) is 10.5. The van der Waals surface area contributed by atoms with E-state index in [0.717, 1.165) is 56.9 Å². The van der Waals surface area contributed by atoms with Crippen molar-refractivity contribution in [2.75, 3.05) is 6.61 Å². The van der Waals surface area contributed by atoms with Gasteiger partial charge >= 0.3 is 11.9 Å². The van der Waals surface area contributed by atoms with E-state index in [-0.39, 0.29) is 11.9 Å². The average molecular weight is 377 g/mol. The third-order valence-electron chi connectivity index (χ3n) is 4.54. The van der Waals surface area contributed by atoms with Gasteiger partial charge in [0.05, 0.1) is 6.61 Å². The van der Waals surface area contributed by atoms with Crippen molar-refractivity contribution in [3.8, 4) is 5.75 Å². The highest BCUT2D eigenvalue weighted by atomic mass is 16.5. The van der Waals surface area contributed by atoms with Crippen LogP contribution in [0.3, 0.4) is 0 Å². The quantitative estimate of drug-likeness (QED) is 0.221. The van der Waals surface area contributed by atoms with E-state index in [1.165, 1.54) is 0 Å². The predicted molar refractivity (Wildman–Crippen MR) is 109 cm³/mol. The zero-order valence-corrected chi connectivity index (χ0v) is 17.3. The molecule has 152 valence electrons. The Bertz CT molecular complexity index is 551. The van der Waals surface area contributed by atoms with Crippen LogP contribution in [0, 0.1) is 0 Å². The lowest BCUT2D eigenvalue weighted by Gasteiger charge is -2.12. The van der Waals surface area contributed by atoms with E-state index >= 15 is 0 Å². The van der Waals surface area contributed by atoms with Gasteiger partial charge in [-0.25, -0.2) is 0 Å². The van der Waals surface area contributed by atoms with Crippen LogP contribution < -0.4 is 4.74 Å². The number of unbranched alkanes of at least 4 members (excludes halogenated alkanes) is 6. The number of hydrogen-bond acceptors (Lipinski definition) is 4. The molecule has 0 fully saturated rings. The van der Waals surface area contributed by atoms with Crippen LogP contribution in [-0.2, 0) is 14.3 Å². The molecule has 1 rings (SSSR count). The van der Waals surface area contributed by atoms with E-state index in [0.29, 0.717) is 31.1 Å². The topological polar surface area (TPSA) is 52.6 Å². The molecule has 0 N–H and O–H groups in total.